The van der Waals surface area contributed by atoms with Gasteiger partial charge in [-0.1, -0.05) is 19.4 Å². The Kier molecular flexibility index (Phi) is 10.3. The van der Waals surface area contributed by atoms with Crippen molar-refractivity contribution in [3.63, 3.8) is 0 Å². The van der Waals surface area contributed by atoms with Crippen LogP contribution in [0.15, 0.2) is 18.2 Å². The first-order chi connectivity index (χ1) is 15.0. The van der Waals surface area contributed by atoms with Crippen LogP contribution in [0.4, 0.5) is 11.8 Å². The van der Waals surface area contributed by atoms with Gasteiger partial charge in [0.2, 0.25) is 5.95 Å². The van der Waals surface area contributed by atoms with Crippen LogP contribution in [-0.4, -0.2) is 55.0 Å². The molecule has 5 N–H and O–H groups in total. The molecular formula is C23H37N5O3. The van der Waals surface area contributed by atoms with Gasteiger partial charge in [0.1, 0.15) is 17.3 Å². The lowest BCUT2D eigenvalue weighted by Gasteiger charge is -2.21. The molecule has 2 rings (SSSR count). The maximum Gasteiger partial charge on any atom is 0.222 e. The van der Waals surface area contributed by atoms with Gasteiger partial charge in [0.05, 0.1) is 13.7 Å². The minimum Gasteiger partial charge on any atom is -0.496 e. The van der Waals surface area contributed by atoms with Crippen molar-refractivity contribution < 1.29 is 14.6 Å². The second kappa shape index (κ2) is 13.0. The SMILES string of the molecule is CCC[C@@H](CCO)Nc1nc(N)nc(C)c1Cc1ccc(OCCCNC)cc1OC. The third-order valence-corrected chi connectivity index (χ3v) is 5.15. The van der Waals surface area contributed by atoms with Crippen LogP contribution in [0.2, 0.25) is 0 Å². The number of benzene rings is 1. The highest BCUT2D eigenvalue weighted by Crippen LogP contribution is 2.30. The zero-order valence-corrected chi connectivity index (χ0v) is 19.2. The molecule has 0 saturated carbocycles. The number of hydrogen-bond acceptors (Lipinski definition) is 8. The third kappa shape index (κ3) is 7.56. The van der Waals surface area contributed by atoms with E-state index in [-0.39, 0.29) is 18.6 Å². The third-order valence-electron chi connectivity index (χ3n) is 5.15. The molecule has 1 atom stereocenters. The van der Waals surface area contributed by atoms with Crippen LogP contribution < -0.4 is 25.8 Å². The van der Waals surface area contributed by atoms with Gasteiger partial charge in [-0.15, -0.1) is 0 Å². The van der Waals surface area contributed by atoms with Gasteiger partial charge in [-0.2, -0.15) is 4.98 Å². The summed E-state index contributed by atoms with van der Waals surface area (Å²) in [6.07, 6.45) is 4.13. The molecule has 0 aliphatic rings. The number of aromatic nitrogens is 2. The summed E-state index contributed by atoms with van der Waals surface area (Å²) in [4.78, 5) is 8.83. The Bertz CT molecular complexity index is 810. The lowest BCUT2D eigenvalue weighted by molar-refractivity contribution is 0.276. The maximum atomic E-state index is 9.41. The van der Waals surface area contributed by atoms with Crippen molar-refractivity contribution in [2.45, 2.75) is 52.0 Å². The van der Waals surface area contributed by atoms with E-state index in [1.807, 2.05) is 32.2 Å². The van der Waals surface area contributed by atoms with E-state index in [1.54, 1.807) is 7.11 Å². The zero-order chi connectivity index (χ0) is 22.6. The summed E-state index contributed by atoms with van der Waals surface area (Å²) in [5, 5.41) is 16.0. The Morgan fingerprint density at radius 3 is 2.71 bits per heavy atom. The van der Waals surface area contributed by atoms with Crippen molar-refractivity contribution in [3.8, 4) is 11.5 Å². The minimum absolute atomic E-state index is 0.121. The first kappa shape index (κ1) is 24.7. The number of hydrogen-bond donors (Lipinski definition) is 4. The minimum atomic E-state index is 0.121. The zero-order valence-electron chi connectivity index (χ0n) is 19.2. The van der Waals surface area contributed by atoms with E-state index < -0.39 is 0 Å². The highest BCUT2D eigenvalue weighted by atomic mass is 16.5. The van der Waals surface area contributed by atoms with Crippen molar-refractivity contribution in [1.82, 2.24) is 15.3 Å². The average Bonchev–Trinajstić information content (AvgIpc) is 2.74. The molecule has 0 saturated heterocycles. The number of nitrogens with zero attached hydrogens (tertiary/aromatic N) is 2. The number of nitrogens with one attached hydrogen (secondary N) is 2. The topological polar surface area (TPSA) is 115 Å². The second-order valence-corrected chi connectivity index (χ2v) is 7.59. The number of anilines is 2. The molecule has 0 aliphatic heterocycles. The summed E-state index contributed by atoms with van der Waals surface area (Å²) in [6.45, 7) is 5.74. The van der Waals surface area contributed by atoms with Crippen LogP contribution in [0.3, 0.4) is 0 Å². The number of aliphatic hydroxyl groups is 1. The van der Waals surface area contributed by atoms with Gasteiger partial charge in [-0.05, 0) is 51.4 Å². The molecule has 2 aromatic rings. The van der Waals surface area contributed by atoms with Gasteiger partial charge in [0, 0.05) is 36.4 Å². The molecule has 0 fully saturated rings. The van der Waals surface area contributed by atoms with Crippen molar-refractivity contribution in [1.29, 1.82) is 0 Å². The number of methoxy groups -OCH3 is 1. The number of nitrogens with two attached hydrogens (primary N) is 1. The summed E-state index contributed by atoms with van der Waals surface area (Å²) in [6, 6.07) is 6.02. The Morgan fingerprint density at radius 1 is 1.23 bits per heavy atom. The predicted octanol–water partition coefficient (Wildman–Crippen LogP) is 2.92. The summed E-state index contributed by atoms with van der Waals surface area (Å²) in [5.74, 6) is 2.49. The van der Waals surface area contributed by atoms with E-state index in [0.29, 0.717) is 25.3 Å². The standard InChI is InChI=1S/C23H37N5O3/c1-5-7-18(10-12-29)27-22-20(16(2)26-23(24)28-22)14-17-8-9-19(15-21(17)30-4)31-13-6-11-25-3/h8-9,15,18,25,29H,5-7,10-14H2,1-4H3,(H3,24,26,27,28)/t18-/m0/s1. The van der Waals surface area contributed by atoms with E-state index in [2.05, 4.69) is 27.5 Å². The van der Waals surface area contributed by atoms with Crippen molar-refractivity contribution in [2.75, 3.05) is 45.0 Å². The van der Waals surface area contributed by atoms with Crippen LogP contribution in [0.1, 0.15) is 49.4 Å². The molecule has 0 amide bonds. The predicted molar refractivity (Wildman–Crippen MR) is 125 cm³/mol. The van der Waals surface area contributed by atoms with Crippen molar-refractivity contribution >= 4 is 11.8 Å². The Labute approximate surface area is 185 Å². The smallest absolute Gasteiger partial charge is 0.222 e. The highest BCUT2D eigenvalue weighted by molar-refractivity contribution is 5.54. The lowest BCUT2D eigenvalue weighted by Crippen LogP contribution is -2.23. The van der Waals surface area contributed by atoms with Gasteiger partial charge in [0.25, 0.3) is 0 Å². The maximum absolute atomic E-state index is 9.41. The van der Waals surface area contributed by atoms with E-state index in [0.717, 1.165) is 54.1 Å². The molecule has 31 heavy (non-hydrogen) atoms. The van der Waals surface area contributed by atoms with Gasteiger partial charge in [-0.25, -0.2) is 4.98 Å². The van der Waals surface area contributed by atoms with Crippen LogP contribution >= 0.6 is 0 Å². The second-order valence-electron chi connectivity index (χ2n) is 7.59. The number of rotatable bonds is 14. The summed E-state index contributed by atoms with van der Waals surface area (Å²) in [5.41, 5.74) is 8.73. The largest absolute Gasteiger partial charge is 0.496 e. The van der Waals surface area contributed by atoms with Crippen LogP contribution in [0.5, 0.6) is 11.5 Å². The molecule has 8 nitrogen and oxygen atoms in total. The lowest BCUT2D eigenvalue weighted by atomic mass is 10.0. The van der Waals surface area contributed by atoms with Crippen LogP contribution in [0, 0.1) is 6.92 Å². The molecule has 0 bridgehead atoms. The summed E-state index contributed by atoms with van der Waals surface area (Å²) in [7, 11) is 3.59. The number of aryl methyl sites for hydroxylation is 1. The fraction of sp³-hybridized carbons (Fsp3) is 0.565. The van der Waals surface area contributed by atoms with Gasteiger partial charge in [-0.3, -0.25) is 0 Å². The monoisotopic (exact) mass is 431 g/mol. The molecule has 0 unspecified atom stereocenters. The van der Waals surface area contributed by atoms with Gasteiger partial charge < -0.3 is 30.9 Å². The molecule has 0 aliphatic carbocycles. The number of aliphatic hydroxyl groups excluding tert-OH is 1. The van der Waals surface area contributed by atoms with Crippen molar-refractivity contribution in [3.05, 3.63) is 35.0 Å². The van der Waals surface area contributed by atoms with E-state index >= 15 is 0 Å². The molecule has 1 aromatic heterocycles. The number of nitrogen functional groups attached to an aromatic ring is 1. The quantitative estimate of drug-likeness (QED) is 0.338. The fourth-order valence-corrected chi connectivity index (χ4v) is 3.53. The molecule has 8 heteroatoms. The molecule has 0 spiro atoms. The van der Waals surface area contributed by atoms with Gasteiger partial charge in [0.15, 0.2) is 0 Å². The van der Waals surface area contributed by atoms with Crippen molar-refractivity contribution in [2.24, 2.45) is 0 Å². The highest BCUT2D eigenvalue weighted by Gasteiger charge is 2.17. The summed E-state index contributed by atoms with van der Waals surface area (Å²) >= 11 is 0. The Morgan fingerprint density at radius 2 is 2.03 bits per heavy atom. The summed E-state index contributed by atoms with van der Waals surface area (Å²) < 4.78 is 11.5. The first-order valence-corrected chi connectivity index (χ1v) is 11.0. The van der Waals surface area contributed by atoms with E-state index in [4.69, 9.17) is 15.2 Å². The van der Waals surface area contributed by atoms with Crippen LogP contribution in [-0.2, 0) is 6.42 Å². The average molecular weight is 432 g/mol. The van der Waals surface area contributed by atoms with E-state index in [9.17, 15) is 5.11 Å². The molecule has 1 heterocycles. The number of ether oxygens (including phenoxy) is 2. The molecular weight excluding hydrogens is 394 g/mol. The fourth-order valence-electron chi connectivity index (χ4n) is 3.53. The van der Waals surface area contributed by atoms with E-state index in [1.165, 1.54) is 0 Å². The van der Waals surface area contributed by atoms with Gasteiger partial charge >= 0.3 is 0 Å². The Balaban J connectivity index is 2.26. The van der Waals surface area contributed by atoms with Crippen LogP contribution in [0.25, 0.3) is 0 Å². The molecule has 172 valence electrons. The molecule has 1 aromatic carbocycles. The molecule has 0 radical (unpaired) electrons. The first-order valence-electron chi connectivity index (χ1n) is 11.0. The normalized spacial score (nSPS) is 11.9. The Hall–Kier alpha value is -2.58.